The molecule has 14 heavy (non-hydrogen) atoms. The van der Waals surface area contributed by atoms with Crippen molar-refractivity contribution in [2.24, 2.45) is 0 Å². The van der Waals surface area contributed by atoms with Crippen LogP contribution in [0.4, 0.5) is 10.1 Å². The van der Waals surface area contributed by atoms with Crippen molar-refractivity contribution in [2.75, 3.05) is 18.5 Å². The molecule has 0 aliphatic rings. The summed E-state index contributed by atoms with van der Waals surface area (Å²) in [7, 11) is 0. The van der Waals surface area contributed by atoms with E-state index in [0.29, 0.717) is 12.2 Å². The topological polar surface area (TPSA) is 32.3 Å². The van der Waals surface area contributed by atoms with E-state index < -0.39 is 0 Å². The van der Waals surface area contributed by atoms with Crippen molar-refractivity contribution in [3.63, 3.8) is 0 Å². The summed E-state index contributed by atoms with van der Waals surface area (Å²) in [5.41, 5.74) is 0.491. The summed E-state index contributed by atoms with van der Waals surface area (Å²) in [5, 5.41) is 11.5. The molecule has 0 amide bonds. The summed E-state index contributed by atoms with van der Waals surface area (Å²) in [6, 6.07) is 4.86. The number of para-hydroxylation sites is 1. The average Bonchev–Trinajstić information content (AvgIpc) is 2.16. The maximum Gasteiger partial charge on any atom is 0.147 e. The maximum atomic E-state index is 13.2. The van der Waals surface area contributed by atoms with Crippen LogP contribution in [0.25, 0.3) is 0 Å². The SMILES string of the molecule is OCCCCNc1c(F)cccc1Br. The third-order valence-electron chi connectivity index (χ3n) is 1.85. The molecular formula is C10H13BrFNO. The van der Waals surface area contributed by atoms with E-state index in [1.54, 1.807) is 12.1 Å². The summed E-state index contributed by atoms with van der Waals surface area (Å²) in [5.74, 6) is -0.261. The van der Waals surface area contributed by atoms with E-state index in [4.69, 9.17) is 5.11 Å². The highest BCUT2D eigenvalue weighted by Crippen LogP contribution is 2.24. The Bertz CT molecular complexity index is 273. The molecule has 1 rings (SSSR count). The Morgan fingerprint density at radius 3 is 2.79 bits per heavy atom. The number of unbranched alkanes of at least 4 members (excludes halogenated alkanes) is 1. The first-order valence-corrected chi connectivity index (χ1v) is 5.33. The van der Waals surface area contributed by atoms with Crippen molar-refractivity contribution in [2.45, 2.75) is 12.8 Å². The smallest absolute Gasteiger partial charge is 0.147 e. The quantitative estimate of drug-likeness (QED) is 0.800. The largest absolute Gasteiger partial charge is 0.396 e. The van der Waals surface area contributed by atoms with E-state index in [1.807, 2.05) is 0 Å². The summed E-state index contributed by atoms with van der Waals surface area (Å²) >= 11 is 3.26. The fourth-order valence-corrected chi connectivity index (χ4v) is 1.60. The minimum atomic E-state index is -0.261. The van der Waals surface area contributed by atoms with Crippen molar-refractivity contribution in [3.8, 4) is 0 Å². The first kappa shape index (κ1) is 11.5. The predicted molar refractivity (Wildman–Crippen MR) is 58.9 cm³/mol. The molecule has 0 fully saturated rings. The molecule has 0 aromatic heterocycles. The number of hydrogen-bond donors (Lipinski definition) is 2. The van der Waals surface area contributed by atoms with Gasteiger partial charge in [-0.1, -0.05) is 6.07 Å². The van der Waals surface area contributed by atoms with Crippen LogP contribution in [0.1, 0.15) is 12.8 Å². The van der Waals surface area contributed by atoms with Crippen LogP contribution in [0, 0.1) is 5.82 Å². The van der Waals surface area contributed by atoms with E-state index in [9.17, 15) is 4.39 Å². The number of aliphatic hydroxyl groups is 1. The first-order chi connectivity index (χ1) is 6.75. The molecule has 0 saturated carbocycles. The van der Waals surface area contributed by atoms with Crippen molar-refractivity contribution < 1.29 is 9.50 Å². The minimum Gasteiger partial charge on any atom is -0.396 e. The molecule has 0 spiro atoms. The molecule has 2 nitrogen and oxygen atoms in total. The van der Waals surface area contributed by atoms with E-state index >= 15 is 0 Å². The van der Waals surface area contributed by atoms with Gasteiger partial charge in [-0.3, -0.25) is 0 Å². The summed E-state index contributed by atoms with van der Waals surface area (Å²) in [6.45, 7) is 0.847. The lowest BCUT2D eigenvalue weighted by Crippen LogP contribution is -2.04. The molecule has 0 atom stereocenters. The fraction of sp³-hybridized carbons (Fsp3) is 0.400. The summed E-state index contributed by atoms with van der Waals surface area (Å²) in [6.07, 6.45) is 1.57. The Hall–Kier alpha value is -0.610. The van der Waals surface area contributed by atoms with Gasteiger partial charge in [0.1, 0.15) is 5.82 Å². The second-order valence-corrected chi connectivity index (χ2v) is 3.81. The van der Waals surface area contributed by atoms with E-state index in [2.05, 4.69) is 21.2 Å². The van der Waals surface area contributed by atoms with Gasteiger partial charge in [-0.05, 0) is 40.9 Å². The van der Waals surface area contributed by atoms with Gasteiger partial charge in [0, 0.05) is 17.6 Å². The third-order valence-corrected chi connectivity index (χ3v) is 2.51. The molecule has 78 valence electrons. The number of anilines is 1. The standard InChI is InChI=1S/C10H13BrFNO/c11-8-4-3-5-9(12)10(8)13-6-1-2-7-14/h3-5,13-14H,1-2,6-7H2. The zero-order valence-electron chi connectivity index (χ0n) is 7.76. The maximum absolute atomic E-state index is 13.2. The highest BCUT2D eigenvalue weighted by Gasteiger charge is 2.04. The number of aliphatic hydroxyl groups excluding tert-OH is 1. The number of nitrogens with one attached hydrogen (secondary N) is 1. The highest BCUT2D eigenvalue weighted by atomic mass is 79.9. The second kappa shape index (κ2) is 5.98. The van der Waals surface area contributed by atoms with Crippen molar-refractivity contribution >= 4 is 21.6 Å². The molecule has 0 bridgehead atoms. The Kier molecular flexibility index (Phi) is 4.90. The molecule has 1 aromatic carbocycles. The monoisotopic (exact) mass is 261 g/mol. The molecule has 2 N–H and O–H groups in total. The molecule has 4 heteroatoms. The number of hydrogen-bond acceptors (Lipinski definition) is 2. The van der Waals surface area contributed by atoms with Gasteiger partial charge in [0.2, 0.25) is 0 Å². The molecule has 0 aliphatic carbocycles. The fourth-order valence-electron chi connectivity index (χ4n) is 1.12. The lowest BCUT2D eigenvalue weighted by atomic mass is 10.3. The van der Waals surface area contributed by atoms with Crippen LogP contribution in [0.15, 0.2) is 22.7 Å². The highest BCUT2D eigenvalue weighted by molar-refractivity contribution is 9.10. The third kappa shape index (κ3) is 3.27. The average molecular weight is 262 g/mol. The Labute approximate surface area is 91.3 Å². The predicted octanol–water partition coefficient (Wildman–Crippen LogP) is 2.77. The lowest BCUT2D eigenvalue weighted by Gasteiger charge is -2.08. The molecule has 0 aliphatic heterocycles. The summed E-state index contributed by atoms with van der Waals surface area (Å²) < 4.78 is 13.9. The van der Waals surface area contributed by atoms with Crippen LogP contribution in [0.5, 0.6) is 0 Å². The van der Waals surface area contributed by atoms with E-state index in [-0.39, 0.29) is 12.4 Å². The lowest BCUT2D eigenvalue weighted by molar-refractivity contribution is 0.286. The van der Waals surface area contributed by atoms with Crippen LogP contribution in [-0.2, 0) is 0 Å². The van der Waals surface area contributed by atoms with E-state index in [1.165, 1.54) is 6.07 Å². The van der Waals surface area contributed by atoms with Gasteiger partial charge in [-0.2, -0.15) is 0 Å². The van der Waals surface area contributed by atoms with Gasteiger partial charge in [0.15, 0.2) is 0 Å². The molecule has 0 saturated heterocycles. The molecule has 1 aromatic rings. The van der Waals surface area contributed by atoms with Crippen LogP contribution in [0.3, 0.4) is 0 Å². The number of halogens is 2. The van der Waals surface area contributed by atoms with Crippen LogP contribution < -0.4 is 5.32 Å². The van der Waals surface area contributed by atoms with E-state index in [0.717, 1.165) is 17.3 Å². The first-order valence-electron chi connectivity index (χ1n) is 4.54. The van der Waals surface area contributed by atoms with Crippen molar-refractivity contribution in [1.29, 1.82) is 0 Å². The van der Waals surface area contributed by atoms with Gasteiger partial charge >= 0.3 is 0 Å². The number of rotatable bonds is 5. The normalized spacial score (nSPS) is 10.2. The van der Waals surface area contributed by atoms with Gasteiger partial charge in [0.05, 0.1) is 5.69 Å². The summed E-state index contributed by atoms with van der Waals surface area (Å²) in [4.78, 5) is 0. The zero-order valence-corrected chi connectivity index (χ0v) is 9.35. The van der Waals surface area contributed by atoms with Crippen LogP contribution in [0.2, 0.25) is 0 Å². The van der Waals surface area contributed by atoms with Gasteiger partial charge in [-0.15, -0.1) is 0 Å². The van der Waals surface area contributed by atoms with Crippen LogP contribution >= 0.6 is 15.9 Å². The Morgan fingerprint density at radius 1 is 1.36 bits per heavy atom. The Balaban J connectivity index is 2.49. The number of benzene rings is 1. The minimum absolute atomic E-state index is 0.181. The Morgan fingerprint density at radius 2 is 2.14 bits per heavy atom. The second-order valence-electron chi connectivity index (χ2n) is 2.95. The van der Waals surface area contributed by atoms with Gasteiger partial charge in [-0.25, -0.2) is 4.39 Å². The zero-order chi connectivity index (χ0) is 10.4. The molecular weight excluding hydrogens is 249 g/mol. The molecule has 0 radical (unpaired) electrons. The van der Waals surface area contributed by atoms with Crippen molar-refractivity contribution in [1.82, 2.24) is 0 Å². The van der Waals surface area contributed by atoms with Crippen LogP contribution in [-0.4, -0.2) is 18.3 Å². The van der Waals surface area contributed by atoms with Gasteiger partial charge < -0.3 is 10.4 Å². The van der Waals surface area contributed by atoms with Crippen molar-refractivity contribution in [3.05, 3.63) is 28.5 Å². The molecule has 0 heterocycles. The van der Waals surface area contributed by atoms with Gasteiger partial charge in [0.25, 0.3) is 0 Å². The molecule has 0 unspecified atom stereocenters.